The number of aromatic nitrogens is 3. The highest BCUT2D eigenvalue weighted by Crippen LogP contribution is 2.28. The van der Waals surface area contributed by atoms with E-state index in [1.54, 1.807) is 18.6 Å². The van der Waals surface area contributed by atoms with Crippen LogP contribution in [0.2, 0.25) is 0 Å². The molecule has 0 spiro atoms. The number of fused-ring (bicyclic) bond motifs is 3. The molecule has 144 valence electrons. The summed E-state index contributed by atoms with van der Waals surface area (Å²) in [4.78, 5) is 33.2. The van der Waals surface area contributed by atoms with Crippen LogP contribution in [0, 0.1) is 0 Å². The highest BCUT2D eigenvalue weighted by Gasteiger charge is 2.23. The Bertz CT molecular complexity index is 1010. The zero-order valence-electron chi connectivity index (χ0n) is 15.7. The molecule has 1 unspecified atom stereocenters. The first-order chi connectivity index (χ1) is 13.1. The summed E-state index contributed by atoms with van der Waals surface area (Å²) in [5.74, 6) is -0.295. The number of hydrogen-bond acceptors (Lipinski definition) is 6. The maximum atomic E-state index is 13.1. The van der Waals surface area contributed by atoms with Crippen LogP contribution >= 0.6 is 11.8 Å². The normalized spacial score (nSPS) is 12.6. The molecule has 27 heavy (non-hydrogen) atoms. The monoisotopic (exact) mass is 389 g/mol. The Labute approximate surface area is 161 Å². The molecule has 0 amide bonds. The number of hydrogen-bond donors (Lipinski definition) is 1. The van der Waals surface area contributed by atoms with Gasteiger partial charge in [0.15, 0.2) is 5.16 Å². The van der Waals surface area contributed by atoms with E-state index in [0.29, 0.717) is 42.4 Å². The van der Waals surface area contributed by atoms with Crippen molar-refractivity contribution in [2.75, 3.05) is 20.3 Å². The second kappa shape index (κ2) is 8.58. The zero-order valence-corrected chi connectivity index (χ0v) is 16.5. The Hall–Kier alpha value is -2.32. The Morgan fingerprint density at radius 3 is 2.81 bits per heavy atom. The standard InChI is InChI=1S/C19H23N3O4S/c1-4-14(18(24)26-5-2)27-19-21-15-12-8-6-7-9-13(12)20-16(15)17(23)22(19)10-11-25-3/h6-9,14,20H,4-5,10-11H2,1-3H3. The van der Waals surface area contributed by atoms with Crippen molar-refractivity contribution < 1.29 is 14.3 Å². The second-order valence-corrected chi connectivity index (χ2v) is 7.17. The summed E-state index contributed by atoms with van der Waals surface area (Å²) in [7, 11) is 1.58. The average molecular weight is 389 g/mol. The number of methoxy groups -OCH3 is 1. The van der Waals surface area contributed by atoms with Gasteiger partial charge in [0.2, 0.25) is 0 Å². The highest BCUT2D eigenvalue weighted by atomic mass is 32.2. The topological polar surface area (TPSA) is 86.2 Å². The molecule has 0 fully saturated rings. The number of carbonyl (C=O) groups excluding carboxylic acids is 1. The summed E-state index contributed by atoms with van der Waals surface area (Å²) in [5.41, 5.74) is 1.76. The van der Waals surface area contributed by atoms with Gasteiger partial charge in [-0.05, 0) is 19.4 Å². The van der Waals surface area contributed by atoms with Crippen LogP contribution in [0.5, 0.6) is 0 Å². The first-order valence-electron chi connectivity index (χ1n) is 8.94. The number of ether oxygens (including phenoxy) is 2. The number of para-hydroxylation sites is 1. The summed E-state index contributed by atoms with van der Waals surface area (Å²) >= 11 is 1.26. The number of aromatic amines is 1. The van der Waals surface area contributed by atoms with Crippen LogP contribution in [0.15, 0.2) is 34.2 Å². The van der Waals surface area contributed by atoms with Crippen LogP contribution < -0.4 is 5.56 Å². The number of esters is 1. The number of benzene rings is 1. The molecule has 0 aliphatic rings. The fraction of sp³-hybridized carbons (Fsp3) is 0.421. The van der Waals surface area contributed by atoms with E-state index in [1.165, 1.54) is 11.8 Å². The van der Waals surface area contributed by atoms with Crippen LogP contribution in [-0.4, -0.2) is 46.1 Å². The minimum atomic E-state index is -0.423. The molecule has 0 radical (unpaired) electrons. The Kier molecular flexibility index (Phi) is 6.18. The molecule has 0 aliphatic heterocycles. The van der Waals surface area contributed by atoms with Crippen LogP contribution in [0.25, 0.3) is 21.9 Å². The van der Waals surface area contributed by atoms with Crippen molar-refractivity contribution in [3.8, 4) is 0 Å². The van der Waals surface area contributed by atoms with Gasteiger partial charge in [-0.25, -0.2) is 4.98 Å². The van der Waals surface area contributed by atoms with Gasteiger partial charge in [-0.3, -0.25) is 14.2 Å². The van der Waals surface area contributed by atoms with Crippen molar-refractivity contribution >= 4 is 39.7 Å². The SMILES string of the molecule is CCOC(=O)C(CC)Sc1nc2c([nH]c3ccccc32)c(=O)n1CCOC. The van der Waals surface area contributed by atoms with E-state index in [9.17, 15) is 9.59 Å². The molecule has 3 rings (SSSR count). The summed E-state index contributed by atoms with van der Waals surface area (Å²) in [5, 5.41) is 0.956. The predicted molar refractivity (Wildman–Crippen MR) is 106 cm³/mol. The molecule has 3 aromatic rings. The third-order valence-electron chi connectivity index (χ3n) is 4.26. The molecule has 0 saturated carbocycles. The molecule has 2 heterocycles. The average Bonchev–Trinajstić information content (AvgIpc) is 3.05. The van der Waals surface area contributed by atoms with Gasteiger partial charge < -0.3 is 14.5 Å². The van der Waals surface area contributed by atoms with Crippen LogP contribution in [0.3, 0.4) is 0 Å². The largest absolute Gasteiger partial charge is 0.465 e. The number of rotatable bonds is 8. The molecule has 2 aromatic heterocycles. The third kappa shape index (κ3) is 3.86. The van der Waals surface area contributed by atoms with E-state index in [1.807, 2.05) is 31.2 Å². The van der Waals surface area contributed by atoms with Crippen LogP contribution in [0.4, 0.5) is 0 Å². The zero-order chi connectivity index (χ0) is 19.4. The highest BCUT2D eigenvalue weighted by molar-refractivity contribution is 8.00. The summed E-state index contributed by atoms with van der Waals surface area (Å²) < 4.78 is 11.9. The number of nitrogens with one attached hydrogen (secondary N) is 1. The fourth-order valence-electron chi connectivity index (χ4n) is 2.91. The lowest BCUT2D eigenvalue weighted by Gasteiger charge is -2.16. The van der Waals surface area contributed by atoms with Crippen molar-refractivity contribution in [1.29, 1.82) is 0 Å². The molecule has 1 atom stereocenters. The van der Waals surface area contributed by atoms with Crippen molar-refractivity contribution in [3.05, 3.63) is 34.6 Å². The molecule has 8 heteroatoms. The van der Waals surface area contributed by atoms with E-state index in [0.717, 1.165) is 10.9 Å². The summed E-state index contributed by atoms with van der Waals surface area (Å²) in [6.07, 6.45) is 0.579. The van der Waals surface area contributed by atoms with Gasteiger partial charge in [0.05, 0.1) is 19.8 Å². The lowest BCUT2D eigenvalue weighted by atomic mass is 10.2. The van der Waals surface area contributed by atoms with E-state index in [4.69, 9.17) is 14.5 Å². The Morgan fingerprint density at radius 1 is 1.33 bits per heavy atom. The minimum absolute atomic E-state index is 0.172. The molecule has 0 bridgehead atoms. The fourth-order valence-corrected chi connectivity index (χ4v) is 3.94. The van der Waals surface area contributed by atoms with Gasteiger partial charge in [0, 0.05) is 18.0 Å². The van der Waals surface area contributed by atoms with E-state index in [2.05, 4.69) is 4.98 Å². The first kappa shape index (κ1) is 19.4. The summed E-state index contributed by atoms with van der Waals surface area (Å²) in [6, 6.07) is 7.66. The van der Waals surface area contributed by atoms with Crippen molar-refractivity contribution in [2.24, 2.45) is 0 Å². The smallest absolute Gasteiger partial charge is 0.319 e. The molecule has 0 saturated heterocycles. The molecule has 1 N–H and O–H groups in total. The van der Waals surface area contributed by atoms with Gasteiger partial charge >= 0.3 is 5.97 Å². The van der Waals surface area contributed by atoms with Crippen molar-refractivity contribution in [2.45, 2.75) is 37.2 Å². The maximum Gasteiger partial charge on any atom is 0.319 e. The quantitative estimate of drug-likeness (QED) is 0.362. The number of H-pyrrole nitrogens is 1. The van der Waals surface area contributed by atoms with Crippen LogP contribution in [-0.2, 0) is 20.8 Å². The predicted octanol–water partition coefficient (Wildman–Crippen LogP) is 2.96. The lowest BCUT2D eigenvalue weighted by molar-refractivity contribution is -0.142. The van der Waals surface area contributed by atoms with Crippen molar-refractivity contribution in [3.63, 3.8) is 0 Å². The van der Waals surface area contributed by atoms with E-state index >= 15 is 0 Å². The Balaban J connectivity index is 2.14. The van der Waals surface area contributed by atoms with E-state index in [-0.39, 0.29) is 11.5 Å². The van der Waals surface area contributed by atoms with E-state index < -0.39 is 5.25 Å². The molecular formula is C19H23N3O4S. The maximum absolute atomic E-state index is 13.1. The van der Waals surface area contributed by atoms with Gasteiger partial charge in [-0.1, -0.05) is 36.9 Å². The van der Waals surface area contributed by atoms with Gasteiger partial charge in [-0.15, -0.1) is 0 Å². The minimum Gasteiger partial charge on any atom is -0.465 e. The molecule has 0 aliphatic carbocycles. The first-order valence-corrected chi connectivity index (χ1v) is 9.82. The molecule has 1 aromatic carbocycles. The number of carbonyl (C=O) groups is 1. The van der Waals surface area contributed by atoms with Gasteiger partial charge in [0.1, 0.15) is 16.3 Å². The lowest BCUT2D eigenvalue weighted by Crippen LogP contribution is -2.27. The Morgan fingerprint density at radius 2 is 2.11 bits per heavy atom. The molecular weight excluding hydrogens is 366 g/mol. The second-order valence-electron chi connectivity index (χ2n) is 6.00. The van der Waals surface area contributed by atoms with Gasteiger partial charge in [-0.2, -0.15) is 0 Å². The summed E-state index contributed by atoms with van der Waals surface area (Å²) in [6.45, 7) is 4.74. The van der Waals surface area contributed by atoms with Gasteiger partial charge in [0.25, 0.3) is 5.56 Å². The molecule has 7 nitrogen and oxygen atoms in total. The van der Waals surface area contributed by atoms with Crippen LogP contribution in [0.1, 0.15) is 20.3 Å². The third-order valence-corrected chi connectivity index (χ3v) is 5.60. The number of nitrogens with zero attached hydrogens (tertiary/aromatic N) is 2. The number of thioether (sulfide) groups is 1. The van der Waals surface area contributed by atoms with Crippen molar-refractivity contribution in [1.82, 2.24) is 14.5 Å².